The van der Waals surface area contributed by atoms with E-state index in [0.29, 0.717) is 23.7 Å². The van der Waals surface area contributed by atoms with Gasteiger partial charge >= 0.3 is 5.97 Å². The van der Waals surface area contributed by atoms with Gasteiger partial charge in [-0.15, -0.1) is 10.2 Å². The molecule has 27 heavy (non-hydrogen) atoms. The summed E-state index contributed by atoms with van der Waals surface area (Å²) in [7, 11) is 1.32. The fourth-order valence-corrected chi connectivity index (χ4v) is 2.83. The maximum absolute atomic E-state index is 11.7. The van der Waals surface area contributed by atoms with Crippen molar-refractivity contribution in [3.8, 4) is 11.4 Å². The van der Waals surface area contributed by atoms with Crippen molar-refractivity contribution in [1.29, 1.82) is 0 Å². The molecule has 9 heteroatoms. The largest absolute Gasteiger partial charge is 0.464 e. The number of benzene rings is 1. The molecule has 4 rings (SSSR count). The summed E-state index contributed by atoms with van der Waals surface area (Å²) in [6.45, 7) is 0. The van der Waals surface area contributed by atoms with Crippen molar-refractivity contribution >= 4 is 27.5 Å². The minimum absolute atomic E-state index is 0.197. The maximum Gasteiger partial charge on any atom is 0.358 e. The lowest BCUT2D eigenvalue weighted by molar-refractivity contribution is 0.0592. The van der Waals surface area contributed by atoms with E-state index in [-0.39, 0.29) is 5.69 Å². The van der Waals surface area contributed by atoms with E-state index >= 15 is 0 Å². The van der Waals surface area contributed by atoms with Crippen LogP contribution < -0.4 is 0 Å². The Bertz CT molecular complexity index is 1130. The second-order valence-corrected chi connectivity index (χ2v) is 6.61. The molecule has 1 aromatic carbocycles. The van der Waals surface area contributed by atoms with E-state index in [1.54, 1.807) is 29.0 Å². The second kappa shape index (κ2) is 7.20. The molecule has 0 amide bonds. The van der Waals surface area contributed by atoms with E-state index in [0.717, 1.165) is 15.6 Å². The van der Waals surface area contributed by atoms with Gasteiger partial charge in [0.1, 0.15) is 0 Å². The van der Waals surface area contributed by atoms with E-state index in [2.05, 4.69) is 41.2 Å². The Hall–Kier alpha value is -3.20. The molecule has 3 aromatic heterocycles. The first-order chi connectivity index (χ1) is 13.1. The molecule has 3 heterocycles. The molecule has 0 aliphatic carbocycles. The van der Waals surface area contributed by atoms with Crippen LogP contribution in [0.5, 0.6) is 0 Å². The third-order valence-corrected chi connectivity index (χ3v) is 4.30. The van der Waals surface area contributed by atoms with Gasteiger partial charge in [-0.2, -0.15) is 9.61 Å². The average Bonchev–Trinajstić information content (AvgIpc) is 3.10. The van der Waals surface area contributed by atoms with Crippen LogP contribution in [0.2, 0.25) is 0 Å². The summed E-state index contributed by atoms with van der Waals surface area (Å²) in [6.07, 6.45) is 3.90. The zero-order chi connectivity index (χ0) is 18.8. The van der Waals surface area contributed by atoms with Crippen LogP contribution in [0.4, 0.5) is 0 Å². The zero-order valence-electron chi connectivity index (χ0n) is 14.2. The van der Waals surface area contributed by atoms with Crippen LogP contribution in [0.3, 0.4) is 0 Å². The van der Waals surface area contributed by atoms with Crippen LogP contribution in [0.15, 0.2) is 53.3 Å². The molecule has 4 aromatic rings. The number of rotatable bonds is 4. The molecule has 134 valence electrons. The molecular weight excluding hydrogens is 412 g/mol. The minimum Gasteiger partial charge on any atom is -0.464 e. The highest BCUT2D eigenvalue weighted by molar-refractivity contribution is 9.10. The van der Waals surface area contributed by atoms with Crippen molar-refractivity contribution in [2.24, 2.45) is 0 Å². The Balaban J connectivity index is 1.67. The molecule has 0 N–H and O–H groups in total. The second-order valence-electron chi connectivity index (χ2n) is 5.70. The lowest BCUT2D eigenvalue weighted by Gasteiger charge is -2.05. The zero-order valence-corrected chi connectivity index (χ0v) is 15.8. The van der Waals surface area contributed by atoms with Gasteiger partial charge < -0.3 is 4.74 Å². The predicted octanol–water partition coefficient (Wildman–Crippen LogP) is 2.72. The number of nitrogens with zero attached hydrogens (tertiary/aromatic N) is 6. The summed E-state index contributed by atoms with van der Waals surface area (Å²) in [5, 5.41) is 12.6. The van der Waals surface area contributed by atoms with Crippen molar-refractivity contribution in [3.05, 3.63) is 70.3 Å². The Labute approximate surface area is 162 Å². The summed E-state index contributed by atoms with van der Waals surface area (Å²) < 4.78 is 7.09. The van der Waals surface area contributed by atoms with E-state index in [9.17, 15) is 4.79 Å². The normalized spacial score (nSPS) is 10.9. The van der Waals surface area contributed by atoms with Crippen LogP contribution >= 0.6 is 15.9 Å². The fraction of sp³-hybridized carbons (Fsp3) is 0.111. The van der Waals surface area contributed by atoms with Gasteiger partial charge in [0.25, 0.3) is 0 Å². The first-order valence-electron chi connectivity index (χ1n) is 8.00. The summed E-state index contributed by atoms with van der Waals surface area (Å²) >= 11 is 3.33. The molecule has 0 atom stereocenters. The fourth-order valence-electron chi connectivity index (χ4n) is 2.62. The topological polar surface area (TPSA) is 95.2 Å². The number of halogens is 1. The first-order valence-corrected chi connectivity index (χ1v) is 8.80. The highest BCUT2D eigenvalue weighted by atomic mass is 79.9. The van der Waals surface area contributed by atoms with Crippen LogP contribution in [0, 0.1) is 0 Å². The molecule has 0 fully saturated rings. The summed E-state index contributed by atoms with van der Waals surface area (Å²) in [5.41, 5.74) is 2.66. The number of carbonyl (C=O) groups is 1. The molecule has 0 unspecified atom stereocenters. The highest BCUT2D eigenvalue weighted by Gasteiger charge is 2.13. The number of methoxy groups -OCH3 is 1. The molecule has 0 bridgehead atoms. The highest BCUT2D eigenvalue weighted by Crippen LogP contribution is 2.19. The van der Waals surface area contributed by atoms with Gasteiger partial charge in [-0.25, -0.2) is 14.8 Å². The molecular formula is C18H13BrN6O2. The lowest BCUT2D eigenvalue weighted by Crippen LogP contribution is -2.09. The van der Waals surface area contributed by atoms with Crippen molar-refractivity contribution < 1.29 is 9.53 Å². The molecule has 0 saturated carbocycles. The molecule has 0 spiro atoms. The lowest BCUT2D eigenvalue weighted by atomic mass is 10.1. The molecule has 8 nitrogen and oxygen atoms in total. The third-order valence-electron chi connectivity index (χ3n) is 3.89. The number of ether oxygens (including phenoxy) is 1. The minimum atomic E-state index is -0.508. The number of fused-ring (bicyclic) bond motifs is 1. The monoisotopic (exact) mass is 424 g/mol. The summed E-state index contributed by atoms with van der Waals surface area (Å²) in [6, 6.07) is 11.1. The van der Waals surface area contributed by atoms with Gasteiger partial charge in [0.15, 0.2) is 23.0 Å². The number of hydrogen-bond donors (Lipinski definition) is 0. The van der Waals surface area contributed by atoms with Crippen molar-refractivity contribution in [1.82, 2.24) is 29.8 Å². The smallest absolute Gasteiger partial charge is 0.358 e. The van der Waals surface area contributed by atoms with Gasteiger partial charge in [0, 0.05) is 24.4 Å². The van der Waals surface area contributed by atoms with E-state index in [1.165, 1.54) is 7.11 Å². The average molecular weight is 425 g/mol. The van der Waals surface area contributed by atoms with Crippen LogP contribution in [-0.2, 0) is 11.2 Å². The standard InChI is InChI=1S/C18H13BrN6O2/c1-27-18(26)14-5-6-15-22-23-16(25(15)24-14)8-11-3-2-4-12(7-11)17-20-9-13(19)10-21-17/h2-7,9-10H,8H2,1H3. The Morgan fingerprint density at radius 3 is 2.74 bits per heavy atom. The van der Waals surface area contributed by atoms with Crippen LogP contribution in [-0.4, -0.2) is 42.9 Å². The van der Waals surface area contributed by atoms with Gasteiger partial charge in [0.2, 0.25) is 0 Å². The van der Waals surface area contributed by atoms with Gasteiger partial charge in [0.05, 0.1) is 11.6 Å². The SMILES string of the molecule is COC(=O)c1ccc2nnc(Cc3cccc(-c4ncc(Br)cn4)c3)n2n1. The molecule has 0 radical (unpaired) electrons. The molecule has 0 aliphatic heterocycles. The summed E-state index contributed by atoms with van der Waals surface area (Å²) in [5.74, 6) is 0.743. The Morgan fingerprint density at radius 2 is 1.96 bits per heavy atom. The van der Waals surface area contributed by atoms with E-state index in [4.69, 9.17) is 4.74 Å². The number of carbonyl (C=O) groups excluding carboxylic acids is 1. The Kier molecular flexibility index (Phi) is 4.59. The molecule has 0 aliphatic rings. The number of aromatic nitrogens is 6. The van der Waals surface area contributed by atoms with Crippen molar-refractivity contribution in [2.75, 3.05) is 7.11 Å². The number of esters is 1. The van der Waals surface area contributed by atoms with Crippen LogP contribution in [0.1, 0.15) is 21.9 Å². The Morgan fingerprint density at radius 1 is 1.15 bits per heavy atom. The number of hydrogen-bond acceptors (Lipinski definition) is 7. The van der Waals surface area contributed by atoms with Gasteiger partial charge in [-0.05, 0) is 39.7 Å². The quantitative estimate of drug-likeness (QED) is 0.464. The summed E-state index contributed by atoms with van der Waals surface area (Å²) in [4.78, 5) is 20.4. The van der Waals surface area contributed by atoms with Gasteiger partial charge in [-0.3, -0.25) is 0 Å². The third kappa shape index (κ3) is 3.54. The molecule has 0 saturated heterocycles. The first kappa shape index (κ1) is 17.2. The van der Waals surface area contributed by atoms with Crippen molar-refractivity contribution in [2.45, 2.75) is 6.42 Å². The van der Waals surface area contributed by atoms with E-state index < -0.39 is 5.97 Å². The van der Waals surface area contributed by atoms with Crippen LogP contribution in [0.25, 0.3) is 17.0 Å². The van der Waals surface area contributed by atoms with Gasteiger partial charge in [-0.1, -0.05) is 18.2 Å². The predicted molar refractivity (Wildman–Crippen MR) is 100 cm³/mol. The van der Waals surface area contributed by atoms with E-state index in [1.807, 2.05) is 24.3 Å². The van der Waals surface area contributed by atoms with Crippen molar-refractivity contribution in [3.63, 3.8) is 0 Å². The maximum atomic E-state index is 11.7.